The van der Waals surface area contributed by atoms with Crippen molar-refractivity contribution in [1.29, 1.82) is 0 Å². The van der Waals surface area contributed by atoms with Crippen LogP contribution in [0.3, 0.4) is 0 Å². The first kappa shape index (κ1) is 28.9. The van der Waals surface area contributed by atoms with E-state index < -0.39 is 35.0 Å². The second-order valence-corrected chi connectivity index (χ2v) is 10.4. The molecule has 0 N–H and O–H groups in total. The van der Waals surface area contributed by atoms with Crippen molar-refractivity contribution in [3.05, 3.63) is 95.1 Å². The number of benzene rings is 3. The van der Waals surface area contributed by atoms with Crippen molar-refractivity contribution < 1.29 is 30.7 Å². The zero-order valence-electron chi connectivity index (χ0n) is 21.7. The number of hydrogen-bond donors (Lipinski definition) is 0. The van der Waals surface area contributed by atoms with Crippen molar-refractivity contribution in [2.24, 2.45) is 11.8 Å². The zero-order chi connectivity index (χ0) is 28.2. The van der Waals surface area contributed by atoms with Crippen molar-refractivity contribution >= 4 is 0 Å². The van der Waals surface area contributed by atoms with E-state index >= 15 is 0 Å². The fourth-order valence-electron chi connectivity index (χ4n) is 5.48. The minimum atomic E-state index is -5.22. The first-order chi connectivity index (χ1) is 18.6. The third kappa shape index (κ3) is 7.11. The molecule has 0 amide bonds. The second-order valence-electron chi connectivity index (χ2n) is 10.4. The lowest BCUT2D eigenvalue weighted by atomic mass is 9.80. The number of allylic oxidation sites excluding steroid dienone is 2. The van der Waals surface area contributed by atoms with Crippen LogP contribution in [0.4, 0.5) is 30.7 Å². The van der Waals surface area contributed by atoms with Gasteiger partial charge in [-0.05, 0) is 91.3 Å². The lowest BCUT2D eigenvalue weighted by Crippen LogP contribution is -2.12. The summed E-state index contributed by atoms with van der Waals surface area (Å²) in [6.45, 7) is 2.23. The molecule has 0 aliphatic heterocycles. The average Bonchev–Trinajstić information content (AvgIpc) is 2.86. The topological polar surface area (TPSA) is 0 Å². The Kier molecular flexibility index (Phi) is 9.19. The maximum Gasteiger partial charge on any atom is 0.422 e. The van der Waals surface area contributed by atoms with Gasteiger partial charge in [0.15, 0.2) is 0 Å². The van der Waals surface area contributed by atoms with Gasteiger partial charge in [0, 0.05) is 11.1 Å². The highest BCUT2D eigenvalue weighted by molar-refractivity contribution is 5.72. The molecular weight excluding hydrogens is 517 g/mol. The Hall–Kier alpha value is -3.09. The standard InChI is InChI=1S/C32H31F7/c1-2-5-20-8-10-21(11-9-20)6-3-4-7-22-12-14-25(27(33)16-22)23-13-15-26(28(34)17-23)24-18-29(35)31(30(36)19-24)32(37,38)39/h3,6,12-21H,2,4-5,7-11H2,1H3/b6-3+. The minimum Gasteiger partial charge on any atom is -0.206 e. The number of halogens is 7. The molecular formula is C32H31F7. The number of alkyl halides is 3. The van der Waals surface area contributed by atoms with E-state index in [2.05, 4.69) is 19.1 Å². The molecule has 3 aromatic carbocycles. The normalized spacial score (nSPS) is 18.2. The van der Waals surface area contributed by atoms with Gasteiger partial charge in [-0.3, -0.25) is 0 Å². The van der Waals surface area contributed by atoms with Gasteiger partial charge in [-0.1, -0.05) is 56.2 Å². The molecule has 0 aromatic heterocycles. The first-order valence-corrected chi connectivity index (χ1v) is 13.4. The van der Waals surface area contributed by atoms with Crippen molar-refractivity contribution in [3.63, 3.8) is 0 Å². The maximum absolute atomic E-state index is 14.9. The van der Waals surface area contributed by atoms with E-state index in [0.717, 1.165) is 24.0 Å². The molecule has 1 saturated carbocycles. The number of aryl methyl sites for hydroxylation is 1. The largest absolute Gasteiger partial charge is 0.422 e. The summed E-state index contributed by atoms with van der Waals surface area (Å²) in [6.07, 6.45) is 8.26. The lowest BCUT2D eigenvalue weighted by molar-refractivity contribution is -0.142. The van der Waals surface area contributed by atoms with Crippen LogP contribution >= 0.6 is 0 Å². The fraction of sp³-hybridized carbons (Fsp3) is 0.375. The summed E-state index contributed by atoms with van der Waals surface area (Å²) in [4.78, 5) is 0. The van der Waals surface area contributed by atoms with Gasteiger partial charge in [-0.25, -0.2) is 17.6 Å². The van der Waals surface area contributed by atoms with Crippen LogP contribution in [0.15, 0.2) is 60.7 Å². The summed E-state index contributed by atoms with van der Waals surface area (Å²) in [7, 11) is 0. The van der Waals surface area contributed by atoms with Crippen LogP contribution in [0.25, 0.3) is 22.3 Å². The van der Waals surface area contributed by atoms with Gasteiger partial charge in [0.05, 0.1) is 0 Å². The minimum absolute atomic E-state index is 0.147. The zero-order valence-corrected chi connectivity index (χ0v) is 21.7. The molecule has 4 rings (SSSR count). The molecule has 1 aliphatic rings. The van der Waals surface area contributed by atoms with Crippen LogP contribution in [0.2, 0.25) is 0 Å². The van der Waals surface area contributed by atoms with Crippen LogP contribution < -0.4 is 0 Å². The van der Waals surface area contributed by atoms with Crippen molar-refractivity contribution in [3.8, 4) is 22.3 Å². The summed E-state index contributed by atoms with van der Waals surface area (Å²) in [5.74, 6) is -3.67. The highest BCUT2D eigenvalue weighted by atomic mass is 19.4. The molecule has 3 aromatic rings. The van der Waals surface area contributed by atoms with Gasteiger partial charge in [-0.15, -0.1) is 0 Å². The summed E-state index contributed by atoms with van der Waals surface area (Å²) < 4.78 is 96.2. The predicted molar refractivity (Wildman–Crippen MR) is 140 cm³/mol. The fourth-order valence-corrected chi connectivity index (χ4v) is 5.48. The Morgan fingerprint density at radius 2 is 1.33 bits per heavy atom. The molecule has 0 nitrogen and oxygen atoms in total. The van der Waals surface area contributed by atoms with E-state index in [0.29, 0.717) is 24.5 Å². The molecule has 39 heavy (non-hydrogen) atoms. The molecule has 0 radical (unpaired) electrons. The van der Waals surface area contributed by atoms with E-state index in [4.69, 9.17) is 0 Å². The Morgan fingerprint density at radius 1 is 0.744 bits per heavy atom. The third-order valence-electron chi connectivity index (χ3n) is 7.55. The summed E-state index contributed by atoms with van der Waals surface area (Å²) in [5.41, 5.74) is -1.57. The smallest absolute Gasteiger partial charge is 0.206 e. The van der Waals surface area contributed by atoms with Crippen molar-refractivity contribution in [1.82, 2.24) is 0 Å². The second kappa shape index (κ2) is 12.4. The summed E-state index contributed by atoms with van der Waals surface area (Å²) in [6, 6.07) is 9.13. The number of hydrogen-bond acceptors (Lipinski definition) is 0. The summed E-state index contributed by atoms with van der Waals surface area (Å²) in [5, 5.41) is 0. The van der Waals surface area contributed by atoms with E-state index in [1.807, 2.05) is 0 Å². The Morgan fingerprint density at radius 3 is 1.92 bits per heavy atom. The van der Waals surface area contributed by atoms with E-state index in [9.17, 15) is 30.7 Å². The maximum atomic E-state index is 14.9. The quantitative estimate of drug-likeness (QED) is 0.194. The van der Waals surface area contributed by atoms with Gasteiger partial charge in [0.25, 0.3) is 0 Å². The van der Waals surface area contributed by atoms with Crippen molar-refractivity contribution in [2.75, 3.05) is 0 Å². The van der Waals surface area contributed by atoms with E-state index in [1.54, 1.807) is 12.1 Å². The molecule has 1 aliphatic carbocycles. The van der Waals surface area contributed by atoms with Gasteiger partial charge in [-0.2, -0.15) is 13.2 Å². The molecule has 7 heteroatoms. The van der Waals surface area contributed by atoms with Gasteiger partial charge < -0.3 is 0 Å². The van der Waals surface area contributed by atoms with E-state index in [-0.39, 0.29) is 22.3 Å². The first-order valence-electron chi connectivity index (χ1n) is 13.4. The highest BCUT2D eigenvalue weighted by Gasteiger charge is 2.38. The monoisotopic (exact) mass is 548 g/mol. The lowest BCUT2D eigenvalue weighted by Gasteiger charge is -2.26. The molecule has 0 saturated heterocycles. The SMILES string of the molecule is CCCC1CCC(/C=C/CCc2ccc(-c3ccc(-c4cc(F)c(C(F)(F)F)c(F)c4)c(F)c3)c(F)c2)CC1. The molecule has 0 unspecified atom stereocenters. The van der Waals surface area contributed by atoms with Gasteiger partial charge >= 0.3 is 6.18 Å². The van der Waals surface area contributed by atoms with Crippen molar-refractivity contribution in [2.45, 2.75) is 64.5 Å². The molecule has 0 spiro atoms. The highest BCUT2D eigenvalue weighted by Crippen LogP contribution is 2.37. The molecule has 0 bridgehead atoms. The van der Waals surface area contributed by atoms with Gasteiger partial charge in [0.1, 0.15) is 28.8 Å². The van der Waals surface area contributed by atoms with Crippen LogP contribution in [0.5, 0.6) is 0 Å². The molecule has 0 heterocycles. The van der Waals surface area contributed by atoms with Crippen LogP contribution in [-0.2, 0) is 12.6 Å². The number of rotatable bonds is 8. The summed E-state index contributed by atoms with van der Waals surface area (Å²) >= 11 is 0. The van der Waals surface area contributed by atoms with Gasteiger partial charge in [0.2, 0.25) is 0 Å². The Balaban J connectivity index is 1.41. The van der Waals surface area contributed by atoms with Crippen LogP contribution in [0, 0.1) is 35.1 Å². The Bertz CT molecular complexity index is 1290. The Labute approximate surface area is 224 Å². The van der Waals surface area contributed by atoms with Crippen LogP contribution in [0.1, 0.15) is 63.0 Å². The predicted octanol–water partition coefficient (Wildman–Crippen LogP) is 10.7. The average molecular weight is 549 g/mol. The third-order valence-corrected chi connectivity index (χ3v) is 7.55. The molecule has 1 fully saturated rings. The molecule has 0 atom stereocenters. The molecule has 208 valence electrons. The van der Waals surface area contributed by atoms with E-state index in [1.165, 1.54) is 56.7 Å². The van der Waals surface area contributed by atoms with Crippen LogP contribution in [-0.4, -0.2) is 0 Å².